The molecule has 1 saturated carbocycles. The van der Waals surface area contributed by atoms with Crippen LogP contribution in [0.15, 0.2) is 0 Å². The predicted octanol–water partition coefficient (Wildman–Crippen LogP) is 8.89. The molecule has 0 saturated heterocycles. The van der Waals surface area contributed by atoms with Gasteiger partial charge in [0.05, 0.1) is 6.61 Å². The van der Waals surface area contributed by atoms with E-state index in [1.807, 2.05) is 0 Å². The number of hydrogen-bond acceptors (Lipinski definition) is 12. The summed E-state index contributed by atoms with van der Waals surface area (Å²) in [6.07, 6.45) is 21.6. The highest BCUT2D eigenvalue weighted by atomic mass is 31.2. The number of aliphatic hydroxyl groups is 5. The van der Waals surface area contributed by atoms with Crippen molar-refractivity contribution in [3.8, 4) is 0 Å². The molecule has 0 aromatic heterocycles. The summed E-state index contributed by atoms with van der Waals surface area (Å²) >= 11 is 0. The monoisotopic (exact) mass is 853 g/mol. The Kier molecular flexibility index (Phi) is 33.5. The van der Waals surface area contributed by atoms with Gasteiger partial charge in [-0.3, -0.25) is 18.6 Å². The molecule has 6 N–H and O–H groups in total. The quantitative estimate of drug-likeness (QED) is 0.0194. The van der Waals surface area contributed by atoms with Crippen molar-refractivity contribution < 1.29 is 63.1 Å². The minimum Gasteiger partial charge on any atom is -0.462 e. The highest BCUT2D eigenvalue weighted by molar-refractivity contribution is 7.47. The lowest BCUT2D eigenvalue weighted by molar-refractivity contribution is -0.220. The zero-order valence-electron chi connectivity index (χ0n) is 36.4. The lowest BCUT2D eigenvalue weighted by atomic mass is 9.85. The highest BCUT2D eigenvalue weighted by Gasteiger charge is 2.51. The molecule has 0 radical (unpaired) electrons. The van der Waals surface area contributed by atoms with Crippen molar-refractivity contribution in [2.24, 2.45) is 0 Å². The Bertz CT molecular complexity index is 1030. The van der Waals surface area contributed by atoms with Gasteiger partial charge in [0.15, 0.2) is 6.10 Å². The van der Waals surface area contributed by atoms with Crippen LogP contribution >= 0.6 is 7.82 Å². The fourth-order valence-corrected chi connectivity index (χ4v) is 8.38. The van der Waals surface area contributed by atoms with Crippen molar-refractivity contribution >= 4 is 19.8 Å². The van der Waals surface area contributed by atoms with Gasteiger partial charge in [0.25, 0.3) is 0 Å². The van der Waals surface area contributed by atoms with Gasteiger partial charge in [-0.2, -0.15) is 0 Å². The molecule has 1 rings (SSSR count). The van der Waals surface area contributed by atoms with E-state index < -0.39 is 75.7 Å². The maximum atomic E-state index is 12.8. The topological polar surface area (TPSA) is 210 Å². The summed E-state index contributed by atoms with van der Waals surface area (Å²) in [7, 11) is -5.11. The van der Waals surface area contributed by atoms with Crippen molar-refractivity contribution in [2.45, 2.75) is 256 Å². The van der Waals surface area contributed by atoms with Crippen LogP contribution in [0.4, 0.5) is 0 Å². The third kappa shape index (κ3) is 27.6. The molecule has 0 aliphatic heterocycles. The standard InChI is InChI=1S/C44H85O13P/c1-3-5-7-9-11-13-15-17-18-19-21-22-24-26-28-30-32-37(45)54-34-36(35-55-58(52,53)57-44-42(50)40(48)39(47)41(49)43(44)51)56-38(46)33-31-29-27-25-23-20-16-14-12-10-8-6-4-2/h36,39-44,47-51H,3-35H2,1-2H3,(H,52,53)/t36-,39?,40-,41?,42?,43?,44?/m0/s1. The van der Waals surface area contributed by atoms with E-state index >= 15 is 0 Å². The summed E-state index contributed by atoms with van der Waals surface area (Å²) in [5.74, 6) is -1.08. The molecular weight excluding hydrogens is 767 g/mol. The van der Waals surface area contributed by atoms with Crippen molar-refractivity contribution in [3.63, 3.8) is 0 Å². The highest BCUT2D eigenvalue weighted by Crippen LogP contribution is 2.47. The average Bonchev–Trinajstić information content (AvgIpc) is 3.20. The molecule has 0 aromatic rings. The molecule has 14 heteroatoms. The molecule has 0 aromatic carbocycles. The molecule has 0 heterocycles. The Morgan fingerprint density at radius 2 is 0.776 bits per heavy atom. The van der Waals surface area contributed by atoms with Crippen molar-refractivity contribution in [2.75, 3.05) is 13.2 Å². The summed E-state index contributed by atoms with van der Waals surface area (Å²) in [5.41, 5.74) is 0. The summed E-state index contributed by atoms with van der Waals surface area (Å²) in [4.78, 5) is 35.7. The molecule has 0 bridgehead atoms. The second-order valence-corrected chi connectivity index (χ2v) is 18.0. The van der Waals surface area contributed by atoms with Crippen LogP contribution in [-0.2, 0) is 32.7 Å². The molecular formula is C44H85O13P. The van der Waals surface area contributed by atoms with E-state index in [0.29, 0.717) is 12.8 Å². The van der Waals surface area contributed by atoms with E-state index in [0.717, 1.165) is 38.5 Å². The average molecular weight is 853 g/mol. The van der Waals surface area contributed by atoms with Crippen LogP contribution in [0.5, 0.6) is 0 Å². The van der Waals surface area contributed by atoms with Gasteiger partial charge in [-0.25, -0.2) is 4.57 Å². The Morgan fingerprint density at radius 3 is 1.14 bits per heavy atom. The van der Waals surface area contributed by atoms with Gasteiger partial charge < -0.3 is 39.9 Å². The van der Waals surface area contributed by atoms with Gasteiger partial charge in [0.1, 0.15) is 43.2 Å². The third-order valence-corrected chi connectivity index (χ3v) is 12.2. The minimum atomic E-state index is -5.11. The molecule has 58 heavy (non-hydrogen) atoms. The van der Waals surface area contributed by atoms with Crippen molar-refractivity contribution in [3.05, 3.63) is 0 Å². The largest absolute Gasteiger partial charge is 0.472 e. The first-order valence-corrected chi connectivity index (χ1v) is 24.8. The van der Waals surface area contributed by atoms with Gasteiger partial charge in [0.2, 0.25) is 0 Å². The SMILES string of the molecule is CCCCCCCCCCCCCCCCCCC(=O)OC[C@@H](COP(=O)(O)OC1C(O)C(O)C(O)[C@H](O)C1O)OC(=O)CCCCCCCCCCCCCCC. The molecule has 1 aliphatic rings. The van der Waals surface area contributed by atoms with E-state index in [4.69, 9.17) is 18.5 Å². The second kappa shape index (κ2) is 35.4. The predicted molar refractivity (Wildman–Crippen MR) is 226 cm³/mol. The first-order chi connectivity index (χ1) is 27.9. The van der Waals surface area contributed by atoms with E-state index in [1.54, 1.807) is 0 Å². The molecule has 8 atom stereocenters. The number of ether oxygens (including phenoxy) is 2. The van der Waals surface area contributed by atoms with Crippen LogP contribution < -0.4 is 0 Å². The number of phosphoric ester groups is 1. The first kappa shape index (κ1) is 54.9. The van der Waals surface area contributed by atoms with Crippen LogP contribution in [0.2, 0.25) is 0 Å². The van der Waals surface area contributed by atoms with Crippen LogP contribution in [0.1, 0.15) is 213 Å². The Hall–Kier alpha value is -1.15. The minimum absolute atomic E-state index is 0.104. The molecule has 1 aliphatic carbocycles. The van der Waals surface area contributed by atoms with Crippen molar-refractivity contribution in [1.82, 2.24) is 0 Å². The molecule has 0 amide bonds. The number of unbranched alkanes of at least 4 members (excludes halogenated alkanes) is 27. The number of phosphoric acid groups is 1. The summed E-state index contributed by atoms with van der Waals surface area (Å²) in [5, 5.41) is 50.1. The van der Waals surface area contributed by atoms with Gasteiger partial charge in [0, 0.05) is 12.8 Å². The number of rotatable bonds is 39. The Morgan fingerprint density at radius 1 is 0.466 bits per heavy atom. The maximum Gasteiger partial charge on any atom is 0.472 e. The summed E-state index contributed by atoms with van der Waals surface area (Å²) < 4.78 is 33.5. The lowest BCUT2D eigenvalue weighted by Gasteiger charge is -2.41. The molecule has 6 unspecified atom stereocenters. The Labute approximate surface area is 351 Å². The van der Waals surface area contributed by atoms with Gasteiger partial charge >= 0.3 is 19.8 Å². The summed E-state index contributed by atoms with van der Waals surface area (Å²) in [6.45, 7) is 3.32. The number of carbonyl (C=O) groups is 2. The van der Waals surface area contributed by atoms with Gasteiger partial charge in [-0.05, 0) is 12.8 Å². The van der Waals surface area contributed by atoms with Crippen LogP contribution in [-0.4, -0.2) is 98.3 Å². The number of hydrogen-bond donors (Lipinski definition) is 6. The first-order valence-electron chi connectivity index (χ1n) is 23.3. The van der Waals surface area contributed by atoms with E-state index in [9.17, 15) is 44.6 Å². The van der Waals surface area contributed by atoms with Gasteiger partial charge in [-0.1, -0.05) is 187 Å². The summed E-state index contributed by atoms with van der Waals surface area (Å²) in [6, 6.07) is 0. The van der Waals surface area contributed by atoms with Gasteiger partial charge in [-0.15, -0.1) is 0 Å². The zero-order valence-corrected chi connectivity index (χ0v) is 37.3. The lowest BCUT2D eigenvalue weighted by Crippen LogP contribution is -2.64. The van der Waals surface area contributed by atoms with E-state index in [-0.39, 0.29) is 12.8 Å². The van der Waals surface area contributed by atoms with E-state index in [2.05, 4.69) is 13.8 Å². The van der Waals surface area contributed by atoms with Crippen molar-refractivity contribution in [1.29, 1.82) is 0 Å². The van der Waals surface area contributed by atoms with Crippen LogP contribution in [0.25, 0.3) is 0 Å². The normalized spacial score (nSPS) is 22.4. The smallest absolute Gasteiger partial charge is 0.462 e. The maximum absolute atomic E-state index is 12.8. The third-order valence-electron chi connectivity index (χ3n) is 11.2. The Balaban J connectivity index is 2.43. The van der Waals surface area contributed by atoms with E-state index in [1.165, 1.54) is 135 Å². The molecule has 1 fully saturated rings. The molecule has 344 valence electrons. The number of esters is 2. The second-order valence-electron chi connectivity index (χ2n) is 16.6. The van der Waals surface area contributed by atoms with Crippen LogP contribution in [0, 0.1) is 0 Å². The zero-order chi connectivity index (χ0) is 42.9. The number of aliphatic hydroxyl groups excluding tert-OH is 5. The molecule has 13 nitrogen and oxygen atoms in total. The molecule has 0 spiro atoms. The number of carbonyl (C=O) groups excluding carboxylic acids is 2. The fraction of sp³-hybridized carbons (Fsp3) is 0.955. The fourth-order valence-electron chi connectivity index (χ4n) is 7.41. The van der Waals surface area contributed by atoms with Crippen LogP contribution in [0.3, 0.4) is 0 Å².